The van der Waals surface area contributed by atoms with Crippen LogP contribution >= 0.6 is 11.6 Å². The number of methoxy groups -OCH3 is 3. The van der Waals surface area contributed by atoms with Crippen molar-refractivity contribution in [1.29, 1.82) is 0 Å². The number of benzene rings is 2. The molecule has 3 rings (SSSR count). The Kier molecular flexibility index (Phi) is 6.23. The van der Waals surface area contributed by atoms with E-state index in [1.54, 1.807) is 35.1 Å². The lowest BCUT2D eigenvalue weighted by Gasteiger charge is -2.15. The third-order valence-electron chi connectivity index (χ3n) is 4.16. The minimum Gasteiger partial charge on any atom is -0.493 e. The summed E-state index contributed by atoms with van der Waals surface area (Å²) in [7, 11) is 4.37. The molecule has 0 unspecified atom stereocenters. The van der Waals surface area contributed by atoms with Gasteiger partial charge in [-0.25, -0.2) is 4.39 Å². The second-order valence-electron chi connectivity index (χ2n) is 5.99. The van der Waals surface area contributed by atoms with Crippen molar-refractivity contribution in [1.82, 2.24) is 9.78 Å². The molecule has 29 heavy (non-hydrogen) atoms. The number of carbonyl (C=O) groups is 1. The van der Waals surface area contributed by atoms with Crippen LogP contribution in [0.5, 0.6) is 17.2 Å². The van der Waals surface area contributed by atoms with E-state index in [2.05, 4.69) is 10.4 Å². The molecule has 9 heteroatoms. The van der Waals surface area contributed by atoms with E-state index in [-0.39, 0.29) is 28.0 Å². The van der Waals surface area contributed by atoms with Crippen LogP contribution in [0.15, 0.2) is 42.6 Å². The number of nitrogens with one attached hydrogen (secondary N) is 1. The molecule has 3 aromatic rings. The third kappa shape index (κ3) is 4.43. The van der Waals surface area contributed by atoms with Crippen LogP contribution in [0.4, 0.5) is 10.2 Å². The predicted octanol–water partition coefficient (Wildman–Crippen LogP) is 4.00. The summed E-state index contributed by atoms with van der Waals surface area (Å²) in [5, 5.41) is 7.22. The van der Waals surface area contributed by atoms with Gasteiger partial charge in [-0.05, 0) is 29.8 Å². The highest BCUT2D eigenvalue weighted by Gasteiger charge is 2.22. The van der Waals surface area contributed by atoms with Crippen LogP contribution in [0, 0.1) is 5.82 Å². The SMILES string of the molecule is COc1ccc(C(=O)Nc2nn(Cc3ccc(F)cc3)cc2Cl)c(OC)c1OC. The number of halogens is 2. The fourth-order valence-corrected chi connectivity index (χ4v) is 2.99. The van der Waals surface area contributed by atoms with Crippen molar-refractivity contribution in [3.8, 4) is 17.2 Å². The summed E-state index contributed by atoms with van der Waals surface area (Å²) in [5.74, 6) is 0.362. The highest BCUT2D eigenvalue weighted by molar-refractivity contribution is 6.33. The summed E-state index contributed by atoms with van der Waals surface area (Å²) in [6.45, 7) is 0.371. The van der Waals surface area contributed by atoms with Gasteiger partial charge in [0.2, 0.25) is 5.75 Å². The molecule has 1 amide bonds. The Morgan fingerprint density at radius 3 is 2.38 bits per heavy atom. The molecule has 1 heterocycles. The molecule has 0 aliphatic rings. The van der Waals surface area contributed by atoms with Crippen LogP contribution in [0.25, 0.3) is 0 Å². The number of anilines is 1. The second-order valence-corrected chi connectivity index (χ2v) is 6.39. The normalized spacial score (nSPS) is 10.5. The first-order chi connectivity index (χ1) is 14.0. The number of amides is 1. The smallest absolute Gasteiger partial charge is 0.260 e. The van der Waals surface area contributed by atoms with Crippen LogP contribution in [0.1, 0.15) is 15.9 Å². The van der Waals surface area contributed by atoms with Crippen LogP contribution in [-0.4, -0.2) is 37.0 Å². The maximum atomic E-state index is 13.0. The van der Waals surface area contributed by atoms with Gasteiger partial charge in [0, 0.05) is 6.20 Å². The molecule has 0 atom stereocenters. The van der Waals surface area contributed by atoms with E-state index in [9.17, 15) is 9.18 Å². The van der Waals surface area contributed by atoms with Gasteiger partial charge in [0.1, 0.15) is 10.8 Å². The lowest BCUT2D eigenvalue weighted by Crippen LogP contribution is -2.15. The van der Waals surface area contributed by atoms with Gasteiger partial charge >= 0.3 is 0 Å². The van der Waals surface area contributed by atoms with Gasteiger partial charge in [-0.1, -0.05) is 23.7 Å². The standard InChI is InChI=1S/C20H19ClFN3O4/c1-27-16-9-8-14(17(28-2)18(16)29-3)20(26)23-19-15(21)11-25(24-19)10-12-4-6-13(22)7-5-12/h4-9,11H,10H2,1-3H3,(H,23,24,26). The molecule has 0 saturated carbocycles. The Balaban J connectivity index is 1.82. The predicted molar refractivity (Wildman–Crippen MR) is 107 cm³/mol. The molecule has 152 valence electrons. The number of aromatic nitrogens is 2. The minimum atomic E-state index is -0.475. The van der Waals surface area contributed by atoms with Crippen molar-refractivity contribution >= 4 is 23.3 Å². The quantitative estimate of drug-likeness (QED) is 0.626. The molecule has 0 aliphatic carbocycles. The average Bonchev–Trinajstić information content (AvgIpc) is 3.06. The van der Waals surface area contributed by atoms with Crippen LogP contribution in [-0.2, 0) is 6.54 Å². The number of nitrogens with zero attached hydrogens (tertiary/aromatic N) is 2. The van der Waals surface area contributed by atoms with E-state index in [4.69, 9.17) is 25.8 Å². The summed E-state index contributed by atoms with van der Waals surface area (Å²) in [6.07, 6.45) is 1.58. The molecule has 0 spiro atoms. The first-order valence-electron chi connectivity index (χ1n) is 8.54. The average molecular weight is 420 g/mol. The van der Waals surface area contributed by atoms with E-state index in [1.165, 1.54) is 33.5 Å². The van der Waals surface area contributed by atoms with Crippen molar-refractivity contribution < 1.29 is 23.4 Å². The van der Waals surface area contributed by atoms with Crippen molar-refractivity contribution in [2.75, 3.05) is 26.6 Å². The molecular formula is C20H19ClFN3O4. The van der Waals surface area contributed by atoms with Crippen molar-refractivity contribution in [3.63, 3.8) is 0 Å². The first-order valence-corrected chi connectivity index (χ1v) is 8.92. The topological polar surface area (TPSA) is 74.6 Å². The minimum absolute atomic E-state index is 0.190. The lowest BCUT2D eigenvalue weighted by atomic mass is 10.1. The Morgan fingerprint density at radius 2 is 1.76 bits per heavy atom. The highest BCUT2D eigenvalue weighted by atomic mass is 35.5. The summed E-state index contributed by atoms with van der Waals surface area (Å²) >= 11 is 6.21. The zero-order valence-corrected chi connectivity index (χ0v) is 16.8. The molecule has 2 aromatic carbocycles. The zero-order valence-electron chi connectivity index (χ0n) is 16.0. The molecule has 1 aromatic heterocycles. The molecule has 0 bridgehead atoms. The molecule has 0 saturated heterocycles. The molecule has 1 N–H and O–H groups in total. The van der Waals surface area contributed by atoms with E-state index in [0.717, 1.165) is 5.56 Å². The second kappa shape index (κ2) is 8.83. The van der Waals surface area contributed by atoms with Gasteiger partial charge in [0.05, 0.1) is 33.4 Å². The molecule has 7 nitrogen and oxygen atoms in total. The number of rotatable bonds is 7. The van der Waals surface area contributed by atoms with E-state index in [1.807, 2.05) is 0 Å². The van der Waals surface area contributed by atoms with E-state index in [0.29, 0.717) is 18.0 Å². The number of hydrogen-bond donors (Lipinski definition) is 1. The van der Waals surface area contributed by atoms with Crippen LogP contribution in [0.2, 0.25) is 5.02 Å². The van der Waals surface area contributed by atoms with Gasteiger partial charge in [0.15, 0.2) is 17.3 Å². The van der Waals surface area contributed by atoms with E-state index >= 15 is 0 Å². The zero-order chi connectivity index (χ0) is 21.0. The van der Waals surface area contributed by atoms with E-state index < -0.39 is 5.91 Å². The summed E-state index contributed by atoms with van der Waals surface area (Å²) in [6, 6.07) is 9.19. The van der Waals surface area contributed by atoms with Crippen molar-refractivity contribution in [2.24, 2.45) is 0 Å². The fraction of sp³-hybridized carbons (Fsp3) is 0.200. The Bertz CT molecular complexity index is 1020. The van der Waals surface area contributed by atoms with Gasteiger partial charge in [-0.2, -0.15) is 5.10 Å². The van der Waals surface area contributed by atoms with Gasteiger partial charge in [-0.15, -0.1) is 0 Å². The van der Waals surface area contributed by atoms with Gasteiger partial charge < -0.3 is 19.5 Å². The Labute approximate surface area is 171 Å². The summed E-state index contributed by atoms with van der Waals surface area (Å²) in [4.78, 5) is 12.8. The monoisotopic (exact) mass is 419 g/mol. The number of carbonyl (C=O) groups excluding carboxylic acids is 1. The maximum Gasteiger partial charge on any atom is 0.260 e. The molecular weight excluding hydrogens is 401 g/mol. The van der Waals surface area contributed by atoms with Crippen LogP contribution < -0.4 is 19.5 Å². The Hall–Kier alpha value is -3.26. The molecule has 0 radical (unpaired) electrons. The molecule has 0 aliphatic heterocycles. The first kappa shape index (κ1) is 20.5. The van der Waals surface area contributed by atoms with Crippen molar-refractivity contribution in [2.45, 2.75) is 6.54 Å². The molecule has 0 fully saturated rings. The van der Waals surface area contributed by atoms with Crippen LogP contribution in [0.3, 0.4) is 0 Å². The summed E-state index contributed by atoms with van der Waals surface area (Å²) in [5.41, 5.74) is 1.07. The number of hydrogen-bond acceptors (Lipinski definition) is 5. The fourth-order valence-electron chi connectivity index (χ4n) is 2.79. The lowest BCUT2D eigenvalue weighted by molar-refractivity contribution is 0.102. The third-order valence-corrected chi connectivity index (χ3v) is 4.43. The number of ether oxygens (including phenoxy) is 3. The Morgan fingerprint density at radius 1 is 1.07 bits per heavy atom. The van der Waals surface area contributed by atoms with Crippen molar-refractivity contribution in [3.05, 3.63) is 64.6 Å². The largest absolute Gasteiger partial charge is 0.493 e. The summed E-state index contributed by atoms with van der Waals surface area (Å²) < 4.78 is 30.5. The van der Waals surface area contributed by atoms with Gasteiger partial charge in [0.25, 0.3) is 5.91 Å². The van der Waals surface area contributed by atoms with Gasteiger partial charge in [-0.3, -0.25) is 9.48 Å². The highest BCUT2D eigenvalue weighted by Crippen LogP contribution is 2.40. The maximum absolute atomic E-state index is 13.0.